The van der Waals surface area contributed by atoms with E-state index in [4.69, 9.17) is 5.11 Å². The molecule has 0 aliphatic heterocycles. The Hall–Kier alpha value is -2.04. The van der Waals surface area contributed by atoms with E-state index in [2.05, 4.69) is 22.5 Å². The summed E-state index contributed by atoms with van der Waals surface area (Å²) >= 11 is 0. The molecule has 1 aliphatic carbocycles. The zero-order valence-corrected chi connectivity index (χ0v) is 11.1. The van der Waals surface area contributed by atoms with Gasteiger partial charge in [0.1, 0.15) is 5.69 Å². The van der Waals surface area contributed by atoms with Crippen molar-refractivity contribution in [1.82, 2.24) is 10.3 Å². The van der Waals surface area contributed by atoms with Crippen molar-refractivity contribution < 1.29 is 14.7 Å². The Morgan fingerprint density at radius 2 is 2.11 bits per heavy atom. The molecule has 0 fully saturated rings. The summed E-state index contributed by atoms with van der Waals surface area (Å²) in [5.41, 5.74) is 1.63. The molecule has 0 saturated heterocycles. The van der Waals surface area contributed by atoms with Crippen molar-refractivity contribution in [3.63, 3.8) is 0 Å². The van der Waals surface area contributed by atoms with E-state index >= 15 is 0 Å². The van der Waals surface area contributed by atoms with Crippen LogP contribution in [0.1, 0.15) is 51.4 Å². The number of nitrogens with one attached hydrogen (secondary N) is 2. The first-order valence-electron chi connectivity index (χ1n) is 6.39. The average Bonchev–Trinajstić information content (AvgIpc) is 2.66. The van der Waals surface area contributed by atoms with Crippen molar-refractivity contribution in [3.05, 3.63) is 34.7 Å². The minimum Gasteiger partial charge on any atom is -0.477 e. The zero-order chi connectivity index (χ0) is 14.0. The fourth-order valence-electron chi connectivity index (χ4n) is 2.49. The molecule has 0 bridgehead atoms. The average molecular weight is 262 g/mol. The summed E-state index contributed by atoms with van der Waals surface area (Å²) in [6.45, 7) is 3.37. The summed E-state index contributed by atoms with van der Waals surface area (Å²) in [4.78, 5) is 26.0. The minimum atomic E-state index is -1.04. The van der Waals surface area contributed by atoms with Gasteiger partial charge in [-0.3, -0.25) is 4.79 Å². The van der Waals surface area contributed by atoms with E-state index in [0.717, 1.165) is 19.3 Å². The maximum atomic E-state index is 12.2. The second-order valence-electron chi connectivity index (χ2n) is 4.88. The van der Waals surface area contributed by atoms with Gasteiger partial charge in [-0.25, -0.2) is 4.79 Å². The van der Waals surface area contributed by atoms with E-state index in [1.165, 1.54) is 0 Å². The predicted molar refractivity (Wildman–Crippen MR) is 71.5 cm³/mol. The number of amides is 1. The maximum Gasteiger partial charge on any atom is 0.352 e. The van der Waals surface area contributed by atoms with Crippen LogP contribution in [0.4, 0.5) is 0 Å². The molecule has 1 aliphatic rings. The lowest BCUT2D eigenvalue weighted by Gasteiger charge is -2.19. The normalized spacial score (nSPS) is 18.3. The second-order valence-corrected chi connectivity index (χ2v) is 4.88. The van der Waals surface area contributed by atoms with Gasteiger partial charge < -0.3 is 15.4 Å². The Balaban J connectivity index is 2.19. The van der Waals surface area contributed by atoms with Crippen LogP contribution in [-0.4, -0.2) is 28.0 Å². The maximum absolute atomic E-state index is 12.2. The van der Waals surface area contributed by atoms with E-state index in [9.17, 15) is 9.59 Å². The van der Waals surface area contributed by atoms with Crippen molar-refractivity contribution in [3.8, 4) is 0 Å². The molecule has 3 N–H and O–H groups in total. The third-order valence-corrected chi connectivity index (χ3v) is 3.48. The first-order chi connectivity index (χ1) is 9.00. The molecule has 1 unspecified atom stereocenters. The Labute approximate surface area is 111 Å². The molecule has 1 aromatic rings. The lowest BCUT2D eigenvalue weighted by Crippen LogP contribution is -2.35. The Bertz CT molecular complexity index is 543. The fraction of sp³-hybridized carbons (Fsp3) is 0.429. The number of hydrogen-bond donors (Lipinski definition) is 3. The largest absolute Gasteiger partial charge is 0.477 e. The van der Waals surface area contributed by atoms with Crippen LogP contribution in [-0.2, 0) is 0 Å². The molecule has 2 rings (SSSR count). The number of aromatic carboxylic acids is 1. The predicted octanol–water partition coefficient (Wildman–Crippen LogP) is 2.17. The van der Waals surface area contributed by atoms with E-state index in [0.29, 0.717) is 16.8 Å². The molecule has 5 nitrogen and oxygen atoms in total. The van der Waals surface area contributed by atoms with E-state index in [-0.39, 0.29) is 17.6 Å². The van der Waals surface area contributed by atoms with Crippen molar-refractivity contribution in [2.24, 2.45) is 0 Å². The van der Waals surface area contributed by atoms with Crippen LogP contribution < -0.4 is 5.32 Å². The van der Waals surface area contributed by atoms with Gasteiger partial charge in [0, 0.05) is 11.7 Å². The molecule has 1 heterocycles. The van der Waals surface area contributed by atoms with Gasteiger partial charge in [-0.1, -0.05) is 12.2 Å². The van der Waals surface area contributed by atoms with Crippen molar-refractivity contribution >= 4 is 11.9 Å². The first-order valence-corrected chi connectivity index (χ1v) is 6.39. The van der Waals surface area contributed by atoms with Crippen LogP contribution >= 0.6 is 0 Å². The van der Waals surface area contributed by atoms with Gasteiger partial charge in [-0.15, -0.1) is 0 Å². The van der Waals surface area contributed by atoms with Gasteiger partial charge in [0.15, 0.2) is 0 Å². The third-order valence-electron chi connectivity index (χ3n) is 3.48. The number of carbonyl (C=O) groups excluding carboxylic acids is 1. The number of carboxylic acids is 1. The SMILES string of the molecule is Cc1[nH]c(C(=O)O)c(C)c1C(=O)NC1CC=CCC1. The summed E-state index contributed by atoms with van der Waals surface area (Å²) < 4.78 is 0. The highest BCUT2D eigenvalue weighted by molar-refractivity contribution is 6.00. The first kappa shape index (κ1) is 13.4. The minimum absolute atomic E-state index is 0.0891. The molecule has 1 aromatic heterocycles. The van der Waals surface area contributed by atoms with E-state index in [1.807, 2.05) is 0 Å². The summed E-state index contributed by atoms with van der Waals surface area (Å²) in [6, 6.07) is 0.138. The van der Waals surface area contributed by atoms with Crippen molar-refractivity contribution in [2.45, 2.75) is 39.2 Å². The Morgan fingerprint density at radius 1 is 1.37 bits per heavy atom. The number of carbonyl (C=O) groups is 2. The summed E-state index contributed by atoms with van der Waals surface area (Å²) in [6.07, 6.45) is 6.90. The number of aromatic amines is 1. The summed E-state index contributed by atoms with van der Waals surface area (Å²) in [7, 11) is 0. The molecule has 1 amide bonds. The molecule has 102 valence electrons. The highest BCUT2D eigenvalue weighted by Gasteiger charge is 2.23. The molecule has 5 heteroatoms. The monoisotopic (exact) mass is 262 g/mol. The van der Waals surface area contributed by atoms with Gasteiger partial charge in [0.2, 0.25) is 0 Å². The second kappa shape index (κ2) is 5.30. The van der Waals surface area contributed by atoms with Gasteiger partial charge >= 0.3 is 5.97 Å². The molecule has 0 spiro atoms. The smallest absolute Gasteiger partial charge is 0.352 e. The van der Waals surface area contributed by atoms with Crippen LogP contribution in [0.2, 0.25) is 0 Å². The summed E-state index contributed by atoms with van der Waals surface area (Å²) in [5.74, 6) is -1.24. The number of aryl methyl sites for hydroxylation is 1. The molecule has 0 saturated carbocycles. The van der Waals surface area contributed by atoms with Crippen molar-refractivity contribution in [2.75, 3.05) is 0 Å². The van der Waals surface area contributed by atoms with Crippen LogP contribution in [0.5, 0.6) is 0 Å². The fourth-order valence-corrected chi connectivity index (χ4v) is 2.49. The standard InChI is InChI=1S/C14H18N2O3/c1-8-11(9(2)15-12(8)14(18)19)13(17)16-10-6-4-3-5-7-10/h3-4,10,15H,5-7H2,1-2H3,(H,16,17)(H,18,19). The van der Waals surface area contributed by atoms with Gasteiger partial charge in [0.05, 0.1) is 5.56 Å². The molecular weight excluding hydrogens is 244 g/mol. The number of aromatic nitrogens is 1. The van der Waals surface area contributed by atoms with Gasteiger partial charge in [-0.2, -0.15) is 0 Å². The number of hydrogen-bond acceptors (Lipinski definition) is 2. The number of H-pyrrole nitrogens is 1. The lowest BCUT2D eigenvalue weighted by atomic mass is 10.0. The highest BCUT2D eigenvalue weighted by atomic mass is 16.4. The molecular formula is C14H18N2O3. The van der Waals surface area contributed by atoms with Crippen molar-refractivity contribution in [1.29, 1.82) is 0 Å². The van der Waals surface area contributed by atoms with Crippen LogP contribution in [0, 0.1) is 13.8 Å². The molecule has 0 aromatic carbocycles. The van der Waals surface area contributed by atoms with Crippen LogP contribution in [0.3, 0.4) is 0 Å². The van der Waals surface area contributed by atoms with E-state index < -0.39 is 5.97 Å². The third kappa shape index (κ3) is 2.70. The summed E-state index contributed by atoms with van der Waals surface area (Å²) in [5, 5.41) is 12.0. The molecule has 1 atom stereocenters. The number of carboxylic acid groups (broad SMARTS) is 1. The topological polar surface area (TPSA) is 82.2 Å². The Morgan fingerprint density at radius 3 is 2.63 bits per heavy atom. The zero-order valence-electron chi connectivity index (χ0n) is 11.1. The Kier molecular flexibility index (Phi) is 3.74. The molecule has 0 radical (unpaired) electrons. The van der Waals surface area contributed by atoms with Crippen LogP contribution in [0.25, 0.3) is 0 Å². The van der Waals surface area contributed by atoms with Gasteiger partial charge in [0.25, 0.3) is 5.91 Å². The highest BCUT2D eigenvalue weighted by Crippen LogP contribution is 2.19. The van der Waals surface area contributed by atoms with E-state index in [1.54, 1.807) is 13.8 Å². The van der Waals surface area contributed by atoms with Crippen LogP contribution in [0.15, 0.2) is 12.2 Å². The lowest BCUT2D eigenvalue weighted by molar-refractivity contribution is 0.0690. The number of rotatable bonds is 3. The van der Waals surface area contributed by atoms with Gasteiger partial charge in [-0.05, 0) is 38.7 Å². The number of allylic oxidation sites excluding steroid dienone is 1. The quantitative estimate of drug-likeness (QED) is 0.730. The molecule has 19 heavy (non-hydrogen) atoms.